The predicted octanol–water partition coefficient (Wildman–Crippen LogP) is 16.0. The summed E-state index contributed by atoms with van der Waals surface area (Å²) in [4.78, 5) is 2.50. The van der Waals surface area contributed by atoms with Gasteiger partial charge >= 0.3 is 0 Å². The van der Waals surface area contributed by atoms with Crippen LogP contribution in [0.1, 0.15) is 0 Å². The van der Waals surface area contributed by atoms with Gasteiger partial charge in [0, 0.05) is 52.6 Å². The van der Waals surface area contributed by atoms with E-state index in [0.717, 1.165) is 11.4 Å². The Morgan fingerprint density at radius 2 is 0.891 bits per heavy atom. The maximum atomic E-state index is 2.50. The van der Waals surface area contributed by atoms with Gasteiger partial charge in [0.05, 0.1) is 10.4 Å². The van der Waals surface area contributed by atoms with Gasteiger partial charge in [-0.25, -0.2) is 0 Å². The van der Waals surface area contributed by atoms with Gasteiger partial charge in [-0.3, -0.25) is 0 Å². The molecule has 0 atom stereocenters. The second-order valence-corrected chi connectivity index (χ2v) is 16.2. The number of hydrogen-bond donors (Lipinski definition) is 0. The van der Waals surface area contributed by atoms with Gasteiger partial charge in [0.1, 0.15) is 0 Å². The molecular weight excluding hydrogens is 703 g/mol. The van der Waals surface area contributed by atoms with Gasteiger partial charge in [0.15, 0.2) is 0 Å². The highest BCUT2D eigenvalue weighted by Gasteiger charge is 2.22. The molecule has 0 bridgehead atoms. The van der Waals surface area contributed by atoms with E-state index in [1.165, 1.54) is 90.2 Å². The van der Waals surface area contributed by atoms with Crippen molar-refractivity contribution in [3.8, 4) is 33.4 Å². The van der Waals surface area contributed by atoms with Gasteiger partial charge in [0.25, 0.3) is 0 Å². The molecule has 0 spiro atoms. The molecule has 0 N–H and O–H groups in total. The average Bonchev–Trinajstić information content (AvgIpc) is 3.83. The van der Waals surface area contributed by atoms with Crippen LogP contribution in [-0.4, -0.2) is 0 Å². The summed E-state index contributed by atoms with van der Waals surface area (Å²) < 4.78 is 5.18. The Kier molecular flexibility index (Phi) is 7.61. The molecule has 55 heavy (non-hydrogen) atoms. The van der Waals surface area contributed by atoms with Crippen LogP contribution in [0.3, 0.4) is 0 Å². The summed E-state index contributed by atoms with van der Waals surface area (Å²) in [7, 11) is 0. The van der Waals surface area contributed by atoms with Crippen molar-refractivity contribution in [1.29, 1.82) is 0 Å². The molecule has 0 amide bonds. The topological polar surface area (TPSA) is 3.24 Å². The Morgan fingerprint density at radius 1 is 0.309 bits per heavy atom. The zero-order valence-corrected chi connectivity index (χ0v) is 31.4. The van der Waals surface area contributed by atoms with Crippen LogP contribution in [0, 0.1) is 0 Å². The van der Waals surface area contributed by atoms with E-state index >= 15 is 0 Å². The van der Waals surface area contributed by atoms with Gasteiger partial charge in [0.2, 0.25) is 0 Å². The zero-order chi connectivity index (χ0) is 36.3. The van der Waals surface area contributed by atoms with Gasteiger partial charge < -0.3 is 4.90 Å². The molecule has 11 rings (SSSR count). The Hall–Kier alpha value is -6.52. The minimum atomic E-state index is 1.12. The Balaban J connectivity index is 1.20. The van der Waals surface area contributed by atoms with Crippen LogP contribution in [0.25, 0.3) is 84.5 Å². The van der Waals surface area contributed by atoms with E-state index in [4.69, 9.17) is 0 Å². The van der Waals surface area contributed by atoms with Gasteiger partial charge in [-0.15, -0.1) is 22.7 Å². The molecule has 0 saturated heterocycles. The van der Waals surface area contributed by atoms with Crippen molar-refractivity contribution in [3.63, 3.8) is 0 Å². The van der Waals surface area contributed by atoms with Crippen molar-refractivity contribution in [2.45, 2.75) is 0 Å². The number of thiophene rings is 2. The maximum absolute atomic E-state index is 2.50. The van der Waals surface area contributed by atoms with Crippen LogP contribution in [0.5, 0.6) is 0 Å². The van der Waals surface area contributed by atoms with E-state index in [0.29, 0.717) is 0 Å². The normalized spacial score (nSPS) is 11.6. The van der Waals surface area contributed by atoms with Crippen LogP contribution in [0.2, 0.25) is 0 Å². The third kappa shape index (κ3) is 5.43. The fraction of sp³-hybridized carbons (Fsp3) is 0. The molecule has 0 saturated carbocycles. The first kappa shape index (κ1) is 32.0. The van der Waals surface area contributed by atoms with Crippen molar-refractivity contribution in [1.82, 2.24) is 0 Å². The smallest absolute Gasteiger partial charge is 0.0640 e. The average molecular weight is 736 g/mol. The molecular formula is C52H33NS2. The van der Waals surface area contributed by atoms with Gasteiger partial charge in [-0.05, 0) is 81.1 Å². The summed E-state index contributed by atoms with van der Waals surface area (Å²) in [6.45, 7) is 0. The maximum Gasteiger partial charge on any atom is 0.0640 e. The van der Waals surface area contributed by atoms with E-state index in [9.17, 15) is 0 Å². The summed E-state index contributed by atoms with van der Waals surface area (Å²) in [5.41, 5.74) is 10.7. The van der Waals surface area contributed by atoms with Crippen molar-refractivity contribution in [3.05, 3.63) is 200 Å². The first-order valence-electron chi connectivity index (χ1n) is 18.7. The third-order valence-electron chi connectivity index (χ3n) is 10.8. The molecule has 2 aromatic heterocycles. The molecule has 0 aliphatic heterocycles. The molecule has 3 heteroatoms. The number of anilines is 3. The van der Waals surface area contributed by atoms with E-state index in [-0.39, 0.29) is 0 Å². The van der Waals surface area contributed by atoms with E-state index < -0.39 is 0 Å². The SMILES string of the molecule is c1ccc(-c2cc(-c3ccccc3)cc(N(c3ccc4c(c3)sc3ccccc34)c3cccc4c3sc3c(-c5cccc6ccccc56)cccc34)c2)cc1. The van der Waals surface area contributed by atoms with Crippen LogP contribution >= 0.6 is 22.7 Å². The monoisotopic (exact) mass is 735 g/mol. The van der Waals surface area contributed by atoms with E-state index in [2.05, 4.69) is 205 Å². The molecule has 0 radical (unpaired) electrons. The first-order chi connectivity index (χ1) is 27.3. The lowest BCUT2D eigenvalue weighted by Crippen LogP contribution is -2.10. The molecule has 0 aliphatic carbocycles. The molecule has 9 aromatic carbocycles. The Labute approximate surface area is 327 Å². The molecule has 0 fully saturated rings. The highest BCUT2D eigenvalue weighted by Crippen LogP contribution is 2.49. The van der Waals surface area contributed by atoms with Crippen LogP contribution in [-0.2, 0) is 0 Å². The molecule has 258 valence electrons. The second-order valence-electron chi connectivity index (χ2n) is 14.1. The highest BCUT2D eigenvalue weighted by atomic mass is 32.1. The van der Waals surface area contributed by atoms with Gasteiger partial charge in [-0.2, -0.15) is 0 Å². The third-order valence-corrected chi connectivity index (χ3v) is 13.2. The standard InChI is InChI=1S/C52H33NS2/c1-3-14-34(15-4-1)37-30-38(35-16-5-2-6-17-35)32-40(31-37)53(39-28-29-44-43-21-9-10-27-49(43)54-50(44)33-39)48-26-13-25-47-46-24-12-23-45(51(46)55-52(47)48)42-22-11-19-36-18-7-8-20-41(36)42/h1-33H. The largest absolute Gasteiger partial charge is 0.309 e. The summed E-state index contributed by atoms with van der Waals surface area (Å²) >= 11 is 3.77. The molecule has 0 aliphatic rings. The molecule has 2 heterocycles. The summed E-state index contributed by atoms with van der Waals surface area (Å²) in [6.07, 6.45) is 0. The summed E-state index contributed by atoms with van der Waals surface area (Å²) in [6, 6.07) is 73.4. The zero-order valence-electron chi connectivity index (χ0n) is 29.8. The first-order valence-corrected chi connectivity index (χ1v) is 20.3. The highest BCUT2D eigenvalue weighted by molar-refractivity contribution is 7.27. The van der Waals surface area contributed by atoms with Crippen LogP contribution in [0.4, 0.5) is 17.1 Å². The molecule has 1 nitrogen and oxygen atoms in total. The van der Waals surface area contributed by atoms with Crippen molar-refractivity contribution >= 4 is 90.9 Å². The summed E-state index contributed by atoms with van der Waals surface area (Å²) in [5.74, 6) is 0. The molecule has 0 unspecified atom stereocenters. The number of benzene rings is 9. The minimum absolute atomic E-state index is 1.12. The molecule has 11 aromatic rings. The number of rotatable bonds is 6. The fourth-order valence-corrected chi connectivity index (χ4v) is 10.7. The fourth-order valence-electron chi connectivity index (χ4n) is 8.27. The number of nitrogens with zero attached hydrogens (tertiary/aromatic N) is 1. The van der Waals surface area contributed by atoms with E-state index in [1.807, 2.05) is 22.7 Å². The predicted molar refractivity (Wildman–Crippen MR) is 241 cm³/mol. The minimum Gasteiger partial charge on any atom is -0.309 e. The number of hydrogen-bond acceptors (Lipinski definition) is 3. The van der Waals surface area contributed by atoms with E-state index in [1.54, 1.807) is 0 Å². The quantitative estimate of drug-likeness (QED) is 0.164. The lowest BCUT2D eigenvalue weighted by Gasteiger charge is -2.27. The van der Waals surface area contributed by atoms with Crippen molar-refractivity contribution in [2.24, 2.45) is 0 Å². The summed E-state index contributed by atoms with van der Waals surface area (Å²) in [5, 5.41) is 7.71. The number of fused-ring (bicyclic) bond motifs is 7. The second kappa shape index (κ2) is 13.1. The lowest BCUT2D eigenvalue weighted by atomic mass is 9.96. The Bertz CT molecular complexity index is 3150. The van der Waals surface area contributed by atoms with Gasteiger partial charge in [-0.1, -0.05) is 158 Å². The Morgan fingerprint density at radius 3 is 1.67 bits per heavy atom. The lowest BCUT2D eigenvalue weighted by molar-refractivity contribution is 1.31. The van der Waals surface area contributed by atoms with Crippen LogP contribution in [0.15, 0.2) is 200 Å². The van der Waals surface area contributed by atoms with Crippen molar-refractivity contribution < 1.29 is 0 Å². The van der Waals surface area contributed by atoms with Crippen molar-refractivity contribution in [2.75, 3.05) is 4.90 Å². The van der Waals surface area contributed by atoms with Crippen LogP contribution < -0.4 is 4.90 Å².